The average Bonchev–Trinajstić information content (AvgIpc) is 1.61. The van der Waals surface area contributed by atoms with Crippen molar-refractivity contribution in [2.75, 3.05) is 4.90 Å². The molecule has 4 aromatic heterocycles. The van der Waals surface area contributed by atoms with Crippen LogP contribution in [0.15, 0.2) is 302 Å². The van der Waals surface area contributed by atoms with Gasteiger partial charge in [-0.15, -0.1) is 0 Å². The van der Waals surface area contributed by atoms with Crippen LogP contribution < -0.4 is 21.3 Å². The molecular weight excluding hydrogens is 1130 g/mol. The molecule has 2 aliphatic heterocycles. The van der Waals surface area contributed by atoms with Crippen molar-refractivity contribution in [3.8, 4) is 61.6 Å². The summed E-state index contributed by atoms with van der Waals surface area (Å²) in [6.45, 7) is 4.49. The molecule has 5 nitrogen and oxygen atoms in total. The van der Waals surface area contributed by atoms with Gasteiger partial charge in [0, 0.05) is 88.1 Å². The van der Waals surface area contributed by atoms with Crippen molar-refractivity contribution < 1.29 is 4.42 Å². The first kappa shape index (κ1) is 50.9. The molecule has 0 unspecified atom stereocenters. The zero-order valence-electron chi connectivity index (χ0n) is 51.1. The van der Waals surface area contributed by atoms with Crippen LogP contribution >= 0.6 is 0 Å². The summed E-state index contributed by atoms with van der Waals surface area (Å²) in [5.41, 5.74) is 31.4. The van der Waals surface area contributed by atoms with Gasteiger partial charge in [0.05, 0.1) is 38.8 Å². The van der Waals surface area contributed by atoms with Crippen LogP contribution in [0.25, 0.3) is 149 Å². The standard InChI is InChI=1S/C87H55BN4O/c1-87(2)69-36-17-12-29-60(69)65-45-54(41-43-70(65)87)55-46-78-83-79(47-55)92(85-58(52-23-6-3-7-24-52)34-22-35-59(85)53-25-8-4-9-26-53)76-49-67-66-48-57(90-72-37-18-13-30-61(72)62-31-14-19-38-73(62)90)42-44-80(66)93-81(67)51-71(76)88(83)84-82-64-33-16-21-40-75(64)89(56-27-10-5-11-28-56)77(82)50-68-63-32-15-20-39-74(63)91(78)86(68)84/h3-51H,1-2H3. The van der Waals surface area contributed by atoms with Gasteiger partial charge >= 0.3 is 0 Å². The highest BCUT2D eigenvalue weighted by Crippen LogP contribution is 2.54. The zero-order valence-corrected chi connectivity index (χ0v) is 51.1. The van der Waals surface area contributed by atoms with Crippen molar-refractivity contribution in [3.05, 3.63) is 308 Å². The molecule has 0 radical (unpaired) electrons. The number of fused-ring (bicyclic) bond motifs is 20. The lowest BCUT2D eigenvalue weighted by molar-refractivity contribution is 0.660. The smallest absolute Gasteiger partial charge is 0.253 e. The first-order chi connectivity index (χ1) is 45.9. The van der Waals surface area contributed by atoms with Crippen LogP contribution in [-0.4, -0.2) is 20.4 Å². The van der Waals surface area contributed by atoms with E-state index in [4.69, 9.17) is 4.42 Å². The van der Waals surface area contributed by atoms with Crippen molar-refractivity contribution in [3.63, 3.8) is 0 Å². The van der Waals surface area contributed by atoms with E-state index in [1.165, 1.54) is 115 Å². The Balaban J connectivity index is 0.950. The van der Waals surface area contributed by atoms with Gasteiger partial charge in [0.15, 0.2) is 0 Å². The van der Waals surface area contributed by atoms with Crippen molar-refractivity contribution in [1.29, 1.82) is 0 Å². The van der Waals surface area contributed by atoms with Crippen molar-refractivity contribution in [1.82, 2.24) is 13.7 Å². The maximum absolute atomic E-state index is 7.35. The van der Waals surface area contributed by atoms with Crippen molar-refractivity contribution in [2.24, 2.45) is 0 Å². The van der Waals surface area contributed by atoms with E-state index in [0.717, 1.165) is 78.2 Å². The third kappa shape index (κ3) is 6.86. The second-order valence-electron chi connectivity index (χ2n) is 26.2. The molecule has 6 heteroatoms. The van der Waals surface area contributed by atoms with Gasteiger partial charge in [-0.1, -0.05) is 220 Å². The van der Waals surface area contributed by atoms with Crippen molar-refractivity contribution >= 4 is 128 Å². The number of aromatic nitrogens is 3. The molecule has 0 bridgehead atoms. The minimum absolute atomic E-state index is 0.143. The molecule has 14 aromatic carbocycles. The Bertz CT molecular complexity index is 6170. The Morgan fingerprint density at radius 2 is 0.860 bits per heavy atom. The van der Waals surface area contributed by atoms with Gasteiger partial charge in [-0.05, 0) is 152 Å². The zero-order chi connectivity index (χ0) is 60.9. The SMILES string of the molecule is CC1(C)c2ccccc2-c2cc(-c3cc4c5c(c3)-n3c6ccccc6c6cc7c(c(c63)B5c3cc5oc6ccc(-n8c9ccccc9c9ccccc98)cc6c5cc3N4c3c(-c4ccccc4)cccc3-c3ccccc3)c3ccccc3n7-c3ccccc3)ccc21. The number of hydrogen-bond acceptors (Lipinski definition) is 2. The Morgan fingerprint density at radius 3 is 1.56 bits per heavy atom. The van der Waals surface area contributed by atoms with Gasteiger partial charge in [-0.2, -0.15) is 0 Å². The maximum Gasteiger partial charge on any atom is 0.253 e. The highest BCUT2D eigenvalue weighted by atomic mass is 16.3. The Hall–Kier alpha value is -11.9. The molecule has 0 saturated heterocycles. The van der Waals surface area contributed by atoms with Gasteiger partial charge in [0.1, 0.15) is 11.2 Å². The van der Waals surface area contributed by atoms with Crippen LogP contribution in [0.1, 0.15) is 25.0 Å². The first-order valence-corrected chi connectivity index (χ1v) is 32.4. The van der Waals surface area contributed by atoms with Gasteiger partial charge in [-0.3, -0.25) is 0 Å². The molecular formula is C87H55BN4O. The highest BCUT2D eigenvalue weighted by Gasteiger charge is 2.46. The molecule has 18 aromatic rings. The van der Waals surface area contributed by atoms with Crippen molar-refractivity contribution in [2.45, 2.75) is 19.3 Å². The van der Waals surface area contributed by atoms with E-state index < -0.39 is 0 Å². The maximum atomic E-state index is 7.35. The molecule has 0 fully saturated rings. The van der Waals surface area contributed by atoms with Crippen LogP contribution in [0.5, 0.6) is 0 Å². The van der Waals surface area contributed by atoms with E-state index in [-0.39, 0.29) is 12.1 Å². The molecule has 6 heterocycles. The van der Waals surface area contributed by atoms with E-state index in [1.807, 2.05) is 0 Å². The lowest BCUT2D eigenvalue weighted by Crippen LogP contribution is -2.60. The largest absolute Gasteiger partial charge is 0.456 e. The summed E-state index contributed by atoms with van der Waals surface area (Å²) in [7, 11) is 0. The van der Waals surface area contributed by atoms with Crippen LogP contribution in [0.4, 0.5) is 17.1 Å². The number of anilines is 3. The number of para-hydroxylation sites is 6. The Labute approximate surface area is 536 Å². The van der Waals surface area contributed by atoms with E-state index in [1.54, 1.807) is 0 Å². The quantitative estimate of drug-likeness (QED) is 0.155. The van der Waals surface area contributed by atoms with Gasteiger partial charge in [-0.25, -0.2) is 0 Å². The number of furan rings is 1. The minimum Gasteiger partial charge on any atom is -0.456 e. The molecule has 0 saturated carbocycles. The monoisotopic (exact) mass is 1180 g/mol. The van der Waals surface area contributed by atoms with Crippen LogP contribution in [0, 0.1) is 0 Å². The molecule has 93 heavy (non-hydrogen) atoms. The molecule has 0 N–H and O–H groups in total. The fourth-order valence-electron chi connectivity index (χ4n) is 17.2. The fraction of sp³-hybridized carbons (Fsp3) is 0.0345. The Kier molecular flexibility index (Phi) is 10.2. The number of nitrogens with zero attached hydrogens (tertiary/aromatic N) is 4. The second-order valence-corrected chi connectivity index (χ2v) is 26.2. The predicted molar refractivity (Wildman–Crippen MR) is 390 cm³/mol. The first-order valence-electron chi connectivity index (χ1n) is 32.4. The fourth-order valence-corrected chi connectivity index (χ4v) is 17.2. The predicted octanol–water partition coefficient (Wildman–Crippen LogP) is 20.8. The summed E-state index contributed by atoms with van der Waals surface area (Å²) in [5, 5.41) is 9.51. The lowest BCUT2D eigenvalue weighted by Gasteiger charge is -2.42. The van der Waals surface area contributed by atoms with Gasteiger partial charge in [0.2, 0.25) is 0 Å². The summed E-state index contributed by atoms with van der Waals surface area (Å²) < 4.78 is 14.9. The van der Waals surface area contributed by atoms with E-state index >= 15 is 0 Å². The lowest BCUT2D eigenvalue weighted by atomic mass is 9.33. The molecule has 0 amide bonds. The van der Waals surface area contributed by atoms with Gasteiger partial charge in [0.25, 0.3) is 6.71 Å². The normalized spacial score (nSPS) is 13.5. The number of benzene rings is 14. The summed E-state index contributed by atoms with van der Waals surface area (Å²) in [6, 6.07) is 111. The third-order valence-corrected chi connectivity index (χ3v) is 21.2. The van der Waals surface area contributed by atoms with E-state index in [0.29, 0.717) is 0 Å². The molecule has 1 aliphatic carbocycles. The molecule has 0 atom stereocenters. The number of rotatable bonds is 6. The highest BCUT2D eigenvalue weighted by molar-refractivity contribution is 7.02. The summed E-state index contributed by atoms with van der Waals surface area (Å²) in [4.78, 5) is 2.68. The average molecular weight is 1180 g/mol. The van der Waals surface area contributed by atoms with E-state index in [2.05, 4.69) is 330 Å². The molecule has 432 valence electrons. The Morgan fingerprint density at radius 1 is 0.312 bits per heavy atom. The third-order valence-electron chi connectivity index (χ3n) is 21.2. The van der Waals surface area contributed by atoms with Crippen LogP contribution in [0.2, 0.25) is 0 Å². The second kappa shape index (κ2) is 18.6. The summed E-state index contributed by atoms with van der Waals surface area (Å²) >= 11 is 0. The topological polar surface area (TPSA) is 31.2 Å². The van der Waals surface area contributed by atoms with E-state index in [9.17, 15) is 0 Å². The molecule has 3 aliphatic rings. The summed E-state index contributed by atoms with van der Waals surface area (Å²) in [6.07, 6.45) is 0. The number of hydrogen-bond donors (Lipinski definition) is 0. The van der Waals surface area contributed by atoms with Gasteiger partial charge < -0.3 is 23.0 Å². The van der Waals surface area contributed by atoms with Crippen LogP contribution in [0.3, 0.4) is 0 Å². The van der Waals surface area contributed by atoms with Crippen LogP contribution in [-0.2, 0) is 5.41 Å². The summed E-state index contributed by atoms with van der Waals surface area (Å²) in [5.74, 6) is 0. The minimum atomic E-state index is -0.268. The molecule has 0 spiro atoms. The molecule has 21 rings (SSSR count).